The number of nitrogens with one attached hydrogen (secondary N) is 1. The Kier molecular flexibility index (Phi) is 5.75. The lowest BCUT2D eigenvalue weighted by Gasteiger charge is -2.26. The summed E-state index contributed by atoms with van der Waals surface area (Å²) in [5, 5.41) is 22.6. The van der Waals surface area contributed by atoms with Gasteiger partial charge >= 0.3 is 0 Å². The highest BCUT2D eigenvalue weighted by atomic mass is 16.3. The molecule has 0 atom stereocenters. The van der Waals surface area contributed by atoms with Crippen molar-refractivity contribution in [3.8, 4) is 5.75 Å². The fourth-order valence-electron chi connectivity index (χ4n) is 2.32. The molecule has 5 N–H and O–H groups in total. The number of hydrogen-bond donors (Lipinski definition) is 4. The third-order valence-electron chi connectivity index (χ3n) is 3.83. The number of carbonyl (C=O) groups excluding carboxylic acids is 1. The number of nitrogens with two attached hydrogens (primary N) is 1. The van der Waals surface area contributed by atoms with Crippen LogP contribution in [0.1, 0.15) is 36.1 Å². The van der Waals surface area contributed by atoms with E-state index in [4.69, 9.17) is 5.73 Å². The first-order valence-electron chi connectivity index (χ1n) is 7.14. The summed E-state index contributed by atoms with van der Waals surface area (Å²) in [6.45, 7) is 8.23. The molecule has 118 valence electrons. The van der Waals surface area contributed by atoms with Crippen LogP contribution in [0.15, 0.2) is 6.07 Å². The maximum atomic E-state index is 11.8. The average molecular weight is 294 g/mol. The molecule has 0 aromatic heterocycles. The van der Waals surface area contributed by atoms with E-state index >= 15 is 0 Å². The molecule has 5 nitrogen and oxygen atoms in total. The fourth-order valence-corrected chi connectivity index (χ4v) is 2.32. The summed E-state index contributed by atoms with van der Waals surface area (Å²) in [7, 11) is 0. The number of aliphatic hydroxyl groups excluding tert-OH is 1. The van der Waals surface area contributed by atoms with E-state index in [0.717, 1.165) is 11.1 Å². The quantitative estimate of drug-likeness (QED) is 0.627. The maximum absolute atomic E-state index is 11.8. The summed E-state index contributed by atoms with van der Waals surface area (Å²) in [6.07, 6.45) is 0.213. The molecule has 0 saturated carbocycles. The van der Waals surface area contributed by atoms with E-state index in [1.807, 2.05) is 26.8 Å². The van der Waals surface area contributed by atoms with Crippen molar-refractivity contribution >= 4 is 5.91 Å². The average Bonchev–Trinajstić information content (AvgIpc) is 2.44. The molecule has 0 unspecified atom stereocenters. The van der Waals surface area contributed by atoms with Crippen molar-refractivity contribution in [2.24, 2.45) is 5.73 Å². The normalized spacial score (nSPS) is 11.5. The molecule has 0 spiro atoms. The van der Waals surface area contributed by atoms with Gasteiger partial charge in [-0.25, -0.2) is 0 Å². The lowest BCUT2D eigenvalue weighted by molar-refractivity contribution is -0.120. The number of amides is 1. The number of phenols is 1. The Morgan fingerprint density at radius 3 is 2.52 bits per heavy atom. The van der Waals surface area contributed by atoms with Crippen LogP contribution in [0.5, 0.6) is 5.75 Å². The Morgan fingerprint density at radius 1 is 1.38 bits per heavy atom. The molecule has 0 fully saturated rings. The van der Waals surface area contributed by atoms with Gasteiger partial charge in [0.25, 0.3) is 0 Å². The van der Waals surface area contributed by atoms with Gasteiger partial charge in [-0.2, -0.15) is 0 Å². The molecule has 1 aromatic carbocycles. The van der Waals surface area contributed by atoms with Crippen LogP contribution in [0.3, 0.4) is 0 Å². The third kappa shape index (κ3) is 3.95. The largest absolute Gasteiger partial charge is 0.507 e. The maximum Gasteiger partial charge on any atom is 0.224 e. The smallest absolute Gasteiger partial charge is 0.224 e. The number of aryl methyl sites for hydroxylation is 1. The first-order valence-corrected chi connectivity index (χ1v) is 7.14. The molecule has 0 radical (unpaired) electrons. The lowest BCUT2D eigenvalue weighted by atomic mass is 9.81. The zero-order chi connectivity index (χ0) is 16.2. The van der Waals surface area contributed by atoms with Gasteiger partial charge in [0.1, 0.15) is 5.75 Å². The van der Waals surface area contributed by atoms with E-state index in [0.29, 0.717) is 24.2 Å². The minimum absolute atomic E-state index is 0.0597. The van der Waals surface area contributed by atoms with Gasteiger partial charge in [0.2, 0.25) is 5.91 Å². The molecule has 1 amide bonds. The number of benzene rings is 1. The fraction of sp³-hybridized carbons (Fsp3) is 0.562. The first kappa shape index (κ1) is 17.5. The molecule has 0 aliphatic carbocycles. The molecule has 1 aromatic rings. The molecular formula is C16H26N2O3. The summed E-state index contributed by atoms with van der Waals surface area (Å²) in [5.41, 5.74) is 7.97. The predicted octanol–water partition coefficient (Wildman–Crippen LogP) is 0.896. The summed E-state index contributed by atoms with van der Waals surface area (Å²) in [5.74, 6) is 0.0430. The zero-order valence-corrected chi connectivity index (χ0v) is 13.3. The van der Waals surface area contributed by atoms with Crippen LogP contribution in [0, 0.1) is 13.8 Å². The van der Waals surface area contributed by atoms with Gasteiger partial charge in [0.15, 0.2) is 0 Å². The van der Waals surface area contributed by atoms with Crippen molar-refractivity contribution in [2.45, 2.75) is 39.5 Å². The Hall–Kier alpha value is -1.59. The van der Waals surface area contributed by atoms with Gasteiger partial charge in [0, 0.05) is 24.1 Å². The van der Waals surface area contributed by atoms with E-state index in [-0.39, 0.29) is 24.7 Å². The topological polar surface area (TPSA) is 95.6 Å². The van der Waals surface area contributed by atoms with E-state index in [2.05, 4.69) is 5.32 Å². The Labute approximate surface area is 126 Å². The standard InChI is InChI=1S/C16H26N2O3/c1-10-7-13(16(3,4)9-19)15(21)11(2)12(10)8-14(20)18-6-5-17/h7,19,21H,5-6,8-9,17H2,1-4H3,(H,18,20). The molecule has 0 bridgehead atoms. The Balaban J connectivity index is 3.15. The van der Waals surface area contributed by atoms with Gasteiger partial charge in [-0.1, -0.05) is 19.9 Å². The number of hydrogen-bond acceptors (Lipinski definition) is 4. The van der Waals surface area contributed by atoms with Crippen molar-refractivity contribution in [1.29, 1.82) is 0 Å². The second-order valence-electron chi connectivity index (χ2n) is 6.05. The summed E-state index contributed by atoms with van der Waals surface area (Å²) >= 11 is 0. The predicted molar refractivity (Wildman–Crippen MR) is 83.5 cm³/mol. The zero-order valence-electron chi connectivity index (χ0n) is 13.3. The molecule has 5 heteroatoms. The molecule has 21 heavy (non-hydrogen) atoms. The number of phenolic OH excluding ortho intramolecular Hbond substituents is 1. The van der Waals surface area contributed by atoms with Gasteiger partial charge in [-0.3, -0.25) is 4.79 Å². The number of rotatable bonds is 6. The number of aromatic hydroxyl groups is 1. The van der Waals surface area contributed by atoms with Gasteiger partial charge in [-0.15, -0.1) is 0 Å². The van der Waals surface area contributed by atoms with Crippen LogP contribution in [-0.4, -0.2) is 35.8 Å². The molecule has 0 saturated heterocycles. The van der Waals surface area contributed by atoms with Gasteiger partial charge in [0.05, 0.1) is 13.0 Å². The summed E-state index contributed by atoms with van der Waals surface area (Å²) < 4.78 is 0. The van der Waals surface area contributed by atoms with Crippen molar-refractivity contribution < 1.29 is 15.0 Å². The summed E-state index contributed by atoms with van der Waals surface area (Å²) in [6, 6.07) is 1.85. The van der Waals surface area contributed by atoms with Crippen LogP contribution >= 0.6 is 0 Å². The number of aliphatic hydroxyl groups is 1. The molecule has 0 aliphatic heterocycles. The second-order valence-corrected chi connectivity index (χ2v) is 6.05. The SMILES string of the molecule is Cc1cc(C(C)(C)CO)c(O)c(C)c1CC(=O)NCCN. The molecule has 0 heterocycles. The van der Waals surface area contributed by atoms with Crippen molar-refractivity contribution in [3.05, 3.63) is 28.3 Å². The molecule has 0 aliphatic rings. The molecular weight excluding hydrogens is 268 g/mol. The summed E-state index contributed by atoms with van der Waals surface area (Å²) in [4.78, 5) is 11.8. The Bertz CT molecular complexity index is 525. The van der Waals surface area contributed by atoms with Crippen LogP contribution in [0.2, 0.25) is 0 Å². The minimum atomic E-state index is -0.528. The van der Waals surface area contributed by atoms with Crippen LogP contribution in [0.25, 0.3) is 0 Å². The van der Waals surface area contributed by atoms with E-state index < -0.39 is 5.41 Å². The first-order chi connectivity index (χ1) is 9.74. The van der Waals surface area contributed by atoms with Crippen LogP contribution in [-0.2, 0) is 16.6 Å². The lowest BCUT2D eigenvalue weighted by Crippen LogP contribution is -2.30. The van der Waals surface area contributed by atoms with E-state index in [9.17, 15) is 15.0 Å². The van der Waals surface area contributed by atoms with Crippen molar-refractivity contribution in [2.75, 3.05) is 19.7 Å². The van der Waals surface area contributed by atoms with E-state index in [1.54, 1.807) is 6.92 Å². The van der Waals surface area contributed by atoms with Crippen LogP contribution in [0.4, 0.5) is 0 Å². The van der Waals surface area contributed by atoms with Crippen LogP contribution < -0.4 is 11.1 Å². The monoisotopic (exact) mass is 294 g/mol. The van der Waals surface area contributed by atoms with Crippen molar-refractivity contribution in [1.82, 2.24) is 5.32 Å². The highest BCUT2D eigenvalue weighted by Gasteiger charge is 2.26. The van der Waals surface area contributed by atoms with E-state index in [1.165, 1.54) is 0 Å². The molecule has 1 rings (SSSR count). The van der Waals surface area contributed by atoms with Crippen molar-refractivity contribution in [3.63, 3.8) is 0 Å². The minimum Gasteiger partial charge on any atom is -0.507 e. The van der Waals surface area contributed by atoms with Gasteiger partial charge in [-0.05, 0) is 30.5 Å². The van der Waals surface area contributed by atoms with Gasteiger partial charge < -0.3 is 21.3 Å². The highest BCUT2D eigenvalue weighted by Crippen LogP contribution is 2.36. The second kappa shape index (κ2) is 6.91. The number of carbonyl (C=O) groups is 1. The Morgan fingerprint density at radius 2 is 2.00 bits per heavy atom. The highest BCUT2D eigenvalue weighted by molar-refractivity contribution is 5.79. The third-order valence-corrected chi connectivity index (χ3v) is 3.83.